The smallest absolute Gasteiger partial charge is 0.368 e. The van der Waals surface area contributed by atoms with Crippen molar-refractivity contribution >= 4 is 15.7 Å². The second-order valence-electron chi connectivity index (χ2n) is 3.91. The normalized spacial score (nSPS) is 13.8. The maximum atomic E-state index is 11.8. The van der Waals surface area contributed by atoms with Gasteiger partial charge in [0.05, 0.1) is 5.75 Å². The van der Waals surface area contributed by atoms with E-state index in [0.717, 1.165) is 13.8 Å². The second-order valence-corrected chi connectivity index (χ2v) is 6.57. The van der Waals surface area contributed by atoms with Gasteiger partial charge in [0.25, 0.3) is 0 Å². The van der Waals surface area contributed by atoms with Gasteiger partial charge in [-0.25, -0.2) is 8.42 Å². The van der Waals surface area contributed by atoms with Crippen molar-refractivity contribution < 1.29 is 26.4 Å². The van der Waals surface area contributed by atoms with E-state index in [0.29, 0.717) is 0 Å². The predicted octanol–water partition coefficient (Wildman–Crippen LogP) is 1.01. The van der Waals surface area contributed by atoms with Crippen LogP contribution in [0.15, 0.2) is 0 Å². The summed E-state index contributed by atoms with van der Waals surface area (Å²) in [5.74, 6) is -1.78. The van der Waals surface area contributed by atoms with Gasteiger partial charge < -0.3 is 5.73 Å². The van der Waals surface area contributed by atoms with Gasteiger partial charge in [0, 0.05) is 6.42 Å². The van der Waals surface area contributed by atoms with E-state index in [-0.39, 0.29) is 0 Å². The van der Waals surface area contributed by atoms with Crippen LogP contribution in [0.3, 0.4) is 0 Å². The summed E-state index contributed by atoms with van der Waals surface area (Å²) in [6.07, 6.45) is -6.16. The van der Waals surface area contributed by atoms with Crippen LogP contribution in [0.4, 0.5) is 13.2 Å². The molecule has 0 aromatic heterocycles. The number of amides is 1. The van der Waals surface area contributed by atoms with Crippen LogP contribution in [-0.4, -0.2) is 31.0 Å². The lowest BCUT2D eigenvalue weighted by Gasteiger charge is -2.20. The van der Waals surface area contributed by atoms with Crippen molar-refractivity contribution in [3.05, 3.63) is 0 Å². The fourth-order valence-electron chi connectivity index (χ4n) is 0.871. The Balaban J connectivity index is 4.56. The fraction of sp³-hybridized carbons (Fsp3) is 0.875. The molecule has 4 nitrogen and oxygen atoms in total. The Morgan fingerprint density at radius 2 is 1.69 bits per heavy atom. The highest BCUT2D eigenvalue weighted by molar-refractivity contribution is 7.93. The summed E-state index contributed by atoms with van der Waals surface area (Å²) in [6, 6.07) is 0. The van der Waals surface area contributed by atoms with E-state index in [2.05, 4.69) is 0 Å². The predicted molar refractivity (Wildman–Crippen MR) is 52.3 cm³/mol. The van der Waals surface area contributed by atoms with Gasteiger partial charge in [-0.05, 0) is 20.3 Å². The van der Waals surface area contributed by atoms with Gasteiger partial charge in [-0.15, -0.1) is 0 Å². The van der Waals surface area contributed by atoms with Crippen molar-refractivity contribution in [1.82, 2.24) is 0 Å². The Morgan fingerprint density at radius 3 is 2.00 bits per heavy atom. The number of carbonyl (C=O) groups is 1. The van der Waals surface area contributed by atoms with Gasteiger partial charge in [0.1, 0.15) is 4.75 Å². The Bertz CT molecular complexity index is 359. The minimum Gasteiger partial charge on any atom is -0.368 e. The third-order valence-electron chi connectivity index (χ3n) is 2.24. The highest BCUT2D eigenvalue weighted by Crippen LogP contribution is 2.24. The first-order valence-electron chi connectivity index (χ1n) is 4.49. The van der Waals surface area contributed by atoms with E-state index in [1.165, 1.54) is 0 Å². The molecular weight excluding hydrogens is 247 g/mol. The van der Waals surface area contributed by atoms with E-state index < -0.39 is 45.3 Å². The third kappa shape index (κ3) is 3.99. The number of hydrogen-bond acceptors (Lipinski definition) is 3. The van der Waals surface area contributed by atoms with Gasteiger partial charge in [-0.1, -0.05) is 0 Å². The maximum Gasteiger partial charge on any atom is 0.389 e. The third-order valence-corrected chi connectivity index (χ3v) is 4.83. The lowest BCUT2D eigenvalue weighted by Crippen LogP contribution is -2.46. The molecule has 2 N–H and O–H groups in total. The van der Waals surface area contributed by atoms with Crippen LogP contribution in [0.2, 0.25) is 0 Å². The van der Waals surface area contributed by atoms with Crippen LogP contribution >= 0.6 is 0 Å². The van der Waals surface area contributed by atoms with Crippen LogP contribution in [0.5, 0.6) is 0 Å². The van der Waals surface area contributed by atoms with Crippen LogP contribution < -0.4 is 5.73 Å². The first-order valence-corrected chi connectivity index (χ1v) is 6.14. The number of halogens is 3. The molecule has 0 saturated heterocycles. The van der Waals surface area contributed by atoms with Crippen molar-refractivity contribution in [3.63, 3.8) is 0 Å². The van der Waals surface area contributed by atoms with E-state index in [1.807, 2.05) is 0 Å². The molecule has 0 radical (unpaired) electrons. The quantitative estimate of drug-likeness (QED) is 0.802. The van der Waals surface area contributed by atoms with Gasteiger partial charge in [-0.2, -0.15) is 13.2 Å². The Morgan fingerprint density at radius 1 is 1.25 bits per heavy atom. The van der Waals surface area contributed by atoms with E-state index >= 15 is 0 Å². The molecule has 16 heavy (non-hydrogen) atoms. The van der Waals surface area contributed by atoms with Crippen LogP contribution in [0.1, 0.15) is 26.7 Å². The lowest BCUT2D eigenvalue weighted by molar-refractivity contribution is -0.134. The number of carbonyl (C=O) groups excluding carboxylic acids is 1. The van der Waals surface area contributed by atoms with E-state index in [4.69, 9.17) is 5.73 Å². The Hall–Kier alpha value is -0.790. The average Bonchev–Trinajstić information content (AvgIpc) is 2.00. The summed E-state index contributed by atoms with van der Waals surface area (Å²) in [7, 11) is -3.96. The zero-order chi connectivity index (χ0) is 13.2. The Kier molecular flexibility index (Phi) is 4.38. The molecule has 0 fully saturated rings. The summed E-state index contributed by atoms with van der Waals surface area (Å²) in [5, 5.41) is 0. The molecule has 0 rings (SSSR count). The molecule has 8 heteroatoms. The summed E-state index contributed by atoms with van der Waals surface area (Å²) < 4.78 is 56.6. The van der Waals surface area contributed by atoms with Gasteiger partial charge in [0.15, 0.2) is 9.84 Å². The van der Waals surface area contributed by atoms with E-state index in [9.17, 15) is 26.4 Å². The van der Waals surface area contributed by atoms with Crippen LogP contribution in [0.25, 0.3) is 0 Å². The summed E-state index contributed by atoms with van der Waals surface area (Å²) in [4.78, 5) is 10.8. The number of nitrogens with two attached hydrogens (primary N) is 1. The van der Waals surface area contributed by atoms with Gasteiger partial charge in [0.2, 0.25) is 5.91 Å². The van der Waals surface area contributed by atoms with Crippen LogP contribution in [0, 0.1) is 0 Å². The van der Waals surface area contributed by atoms with Crippen LogP contribution in [-0.2, 0) is 14.6 Å². The van der Waals surface area contributed by atoms with Crippen molar-refractivity contribution in [2.75, 3.05) is 5.75 Å². The summed E-state index contributed by atoms with van der Waals surface area (Å²) in [5.41, 5.74) is 4.87. The summed E-state index contributed by atoms with van der Waals surface area (Å²) in [6.45, 7) is 2.16. The number of sulfone groups is 1. The minimum absolute atomic E-state index is 0.567. The molecule has 0 aliphatic carbocycles. The zero-order valence-corrected chi connectivity index (χ0v) is 9.78. The molecular formula is C8H14F3NO3S. The molecule has 0 aromatic rings. The molecule has 0 atom stereocenters. The standard InChI is InChI=1S/C8H14F3NO3S/c1-7(2,6(12)13)16(14,15)5-3-4-8(9,10)11/h3-5H2,1-2H3,(H2,12,13). The molecule has 0 aliphatic heterocycles. The largest absolute Gasteiger partial charge is 0.389 e. The lowest BCUT2D eigenvalue weighted by atomic mass is 10.2. The SMILES string of the molecule is CC(C)(C(N)=O)S(=O)(=O)CCCC(F)(F)F. The number of alkyl halides is 3. The topological polar surface area (TPSA) is 77.2 Å². The number of primary amides is 1. The molecule has 96 valence electrons. The zero-order valence-electron chi connectivity index (χ0n) is 8.97. The minimum atomic E-state index is -4.40. The second kappa shape index (κ2) is 4.60. The number of rotatable bonds is 5. The molecule has 0 unspecified atom stereocenters. The molecule has 0 aliphatic rings. The summed E-state index contributed by atoms with van der Waals surface area (Å²) >= 11 is 0. The Labute approximate surface area is 91.9 Å². The molecule has 0 saturated carbocycles. The molecule has 0 aromatic carbocycles. The molecule has 0 bridgehead atoms. The van der Waals surface area contributed by atoms with Crippen molar-refractivity contribution in [3.8, 4) is 0 Å². The monoisotopic (exact) mass is 261 g/mol. The highest BCUT2D eigenvalue weighted by atomic mass is 32.2. The van der Waals surface area contributed by atoms with Crippen molar-refractivity contribution in [2.45, 2.75) is 37.6 Å². The van der Waals surface area contributed by atoms with Gasteiger partial charge >= 0.3 is 6.18 Å². The number of hydrogen-bond donors (Lipinski definition) is 1. The molecule has 0 spiro atoms. The first kappa shape index (κ1) is 15.2. The fourth-order valence-corrected chi connectivity index (χ4v) is 2.21. The first-order chi connectivity index (χ1) is 6.90. The molecule has 0 heterocycles. The van der Waals surface area contributed by atoms with E-state index in [1.54, 1.807) is 0 Å². The highest BCUT2D eigenvalue weighted by Gasteiger charge is 2.40. The van der Waals surface area contributed by atoms with Gasteiger partial charge in [-0.3, -0.25) is 4.79 Å². The average molecular weight is 261 g/mol. The molecule has 1 amide bonds. The van der Waals surface area contributed by atoms with Crippen molar-refractivity contribution in [2.24, 2.45) is 5.73 Å². The van der Waals surface area contributed by atoms with Crippen molar-refractivity contribution in [1.29, 1.82) is 0 Å². The maximum absolute atomic E-state index is 11.8.